The maximum absolute atomic E-state index is 12.8. The van der Waals surface area contributed by atoms with Gasteiger partial charge in [0.1, 0.15) is 0 Å². The van der Waals surface area contributed by atoms with Crippen LogP contribution in [0.2, 0.25) is 0 Å². The highest BCUT2D eigenvalue weighted by molar-refractivity contribution is 5.96. The van der Waals surface area contributed by atoms with Crippen molar-refractivity contribution < 1.29 is 4.79 Å². The monoisotopic (exact) mass is 308 g/mol. The Kier molecular flexibility index (Phi) is 4.65. The number of benzene rings is 2. The van der Waals surface area contributed by atoms with Gasteiger partial charge in [-0.2, -0.15) is 0 Å². The third kappa shape index (κ3) is 3.55. The van der Waals surface area contributed by atoms with Gasteiger partial charge in [0.25, 0.3) is 5.91 Å². The van der Waals surface area contributed by atoms with Gasteiger partial charge in [0, 0.05) is 24.3 Å². The van der Waals surface area contributed by atoms with E-state index in [-0.39, 0.29) is 5.91 Å². The summed E-state index contributed by atoms with van der Waals surface area (Å²) in [6.45, 7) is 3.61. The average Bonchev–Trinajstić information content (AvgIpc) is 2.83. The SMILES string of the molecule is Cc1ccc(N)cc1C(=O)N1CCCC(c2ccccc2)CC1. The summed E-state index contributed by atoms with van der Waals surface area (Å²) >= 11 is 0. The minimum Gasteiger partial charge on any atom is -0.399 e. The molecule has 0 radical (unpaired) electrons. The van der Waals surface area contributed by atoms with E-state index in [9.17, 15) is 4.79 Å². The molecular weight excluding hydrogens is 284 g/mol. The van der Waals surface area contributed by atoms with E-state index in [0.717, 1.165) is 43.5 Å². The zero-order valence-electron chi connectivity index (χ0n) is 13.7. The predicted molar refractivity (Wildman–Crippen MR) is 94.5 cm³/mol. The summed E-state index contributed by atoms with van der Waals surface area (Å²) in [6, 6.07) is 16.2. The number of nitrogen functional groups attached to an aromatic ring is 1. The minimum atomic E-state index is 0.114. The van der Waals surface area contributed by atoms with Crippen LogP contribution in [-0.2, 0) is 0 Å². The van der Waals surface area contributed by atoms with Crippen LogP contribution >= 0.6 is 0 Å². The third-order valence-corrected chi connectivity index (χ3v) is 4.78. The topological polar surface area (TPSA) is 46.3 Å². The zero-order valence-corrected chi connectivity index (χ0v) is 13.7. The molecule has 1 fully saturated rings. The van der Waals surface area contributed by atoms with Crippen molar-refractivity contribution in [3.05, 3.63) is 65.2 Å². The van der Waals surface area contributed by atoms with Gasteiger partial charge >= 0.3 is 0 Å². The Labute approximate surface area is 138 Å². The second-order valence-electron chi connectivity index (χ2n) is 6.41. The van der Waals surface area contributed by atoms with Crippen molar-refractivity contribution in [2.75, 3.05) is 18.8 Å². The quantitative estimate of drug-likeness (QED) is 0.853. The summed E-state index contributed by atoms with van der Waals surface area (Å²) < 4.78 is 0. The Morgan fingerprint density at radius 2 is 1.87 bits per heavy atom. The number of hydrogen-bond acceptors (Lipinski definition) is 2. The molecule has 1 heterocycles. The molecule has 0 aromatic heterocycles. The Morgan fingerprint density at radius 3 is 2.65 bits per heavy atom. The van der Waals surface area contributed by atoms with Crippen LogP contribution in [0.15, 0.2) is 48.5 Å². The minimum absolute atomic E-state index is 0.114. The molecular formula is C20H24N2O. The molecule has 0 bridgehead atoms. The molecule has 120 valence electrons. The number of likely N-dealkylation sites (tertiary alicyclic amines) is 1. The molecule has 1 aliphatic heterocycles. The standard InChI is InChI=1S/C20H24N2O/c1-15-9-10-18(21)14-19(15)20(23)22-12-5-8-17(11-13-22)16-6-3-2-4-7-16/h2-4,6-7,9-10,14,17H,5,8,11-13,21H2,1H3. The van der Waals surface area contributed by atoms with Crippen LogP contribution in [0.3, 0.4) is 0 Å². The van der Waals surface area contributed by atoms with Crippen molar-refractivity contribution in [3.63, 3.8) is 0 Å². The van der Waals surface area contributed by atoms with Crippen molar-refractivity contribution in [1.82, 2.24) is 4.90 Å². The van der Waals surface area contributed by atoms with Crippen LogP contribution in [0, 0.1) is 6.92 Å². The van der Waals surface area contributed by atoms with Crippen LogP contribution in [0.4, 0.5) is 5.69 Å². The van der Waals surface area contributed by atoms with Crippen molar-refractivity contribution in [2.45, 2.75) is 32.1 Å². The molecule has 1 amide bonds. The lowest BCUT2D eigenvalue weighted by Crippen LogP contribution is -2.32. The van der Waals surface area contributed by atoms with Gasteiger partial charge in [-0.1, -0.05) is 36.4 Å². The largest absolute Gasteiger partial charge is 0.399 e. The number of carbonyl (C=O) groups is 1. The lowest BCUT2D eigenvalue weighted by molar-refractivity contribution is 0.0760. The molecule has 0 spiro atoms. The first kappa shape index (κ1) is 15.6. The van der Waals surface area contributed by atoms with Gasteiger partial charge in [0.15, 0.2) is 0 Å². The number of aryl methyl sites for hydroxylation is 1. The number of nitrogens with zero attached hydrogens (tertiary/aromatic N) is 1. The zero-order chi connectivity index (χ0) is 16.2. The Balaban J connectivity index is 1.73. The van der Waals surface area contributed by atoms with E-state index >= 15 is 0 Å². The molecule has 1 atom stereocenters. The summed E-state index contributed by atoms with van der Waals surface area (Å²) in [7, 11) is 0. The van der Waals surface area contributed by atoms with Gasteiger partial charge in [0.05, 0.1) is 0 Å². The second kappa shape index (κ2) is 6.86. The lowest BCUT2D eigenvalue weighted by atomic mass is 9.92. The number of anilines is 1. The summed E-state index contributed by atoms with van der Waals surface area (Å²) in [5.74, 6) is 0.666. The molecule has 23 heavy (non-hydrogen) atoms. The van der Waals surface area contributed by atoms with E-state index in [0.29, 0.717) is 11.6 Å². The van der Waals surface area contributed by atoms with Crippen molar-refractivity contribution in [3.8, 4) is 0 Å². The van der Waals surface area contributed by atoms with E-state index < -0.39 is 0 Å². The second-order valence-corrected chi connectivity index (χ2v) is 6.41. The fraction of sp³-hybridized carbons (Fsp3) is 0.350. The highest BCUT2D eigenvalue weighted by atomic mass is 16.2. The molecule has 3 heteroatoms. The van der Waals surface area contributed by atoms with E-state index in [4.69, 9.17) is 5.73 Å². The highest BCUT2D eigenvalue weighted by Crippen LogP contribution is 2.28. The van der Waals surface area contributed by atoms with Crippen LogP contribution < -0.4 is 5.73 Å². The number of hydrogen-bond donors (Lipinski definition) is 1. The number of carbonyl (C=O) groups excluding carboxylic acids is 1. The van der Waals surface area contributed by atoms with E-state index in [2.05, 4.69) is 30.3 Å². The molecule has 1 aliphatic rings. The van der Waals surface area contributed by atoms with Gasteiger partial charge in [0.2, 0.25) is 0 Å². The van der Waals surface area contributed by atoms with Gasteiger partial charge < -0.3 is 10.6 Å². The normalized spacial score (nSPS) is 18.5. The number of amides is 1. The van der Waals surface area contributed by atoms with Crippen LogP contribution in [0.1, 0.15) is 46.7 Å². The molecule has 0 saturated carbocycles. The van der Waals surface area contributed by atoms with Crippen LogP contribution in [-0.4, -0.2) is 23.9 Å². The first-order chi connectivity index (χ1) is 11.1. The highest BCUT2D eigenvalue weighted by Gasteiger charge is 2.23. The number of nitrogens with two attached hydrogens (primary N) is 1. The summed E-state index contributed by atoms with van der Waals surface area (Å²) in [6.07, 6.45) is 3.22. The van der Waals surface area contributed by atoms with Crippen molar-refractivity contribution >= 4 is 11.6 Å². The van der Waals surface area contributed by atoms with E-state index in [1.54, 1.807) is 6.07 Å². The third-order valence-electron chi connectivity index (χ3n) is 4.78. The predicted octanol–water partition coefficient (Wildman–Crippen LogP) is 3.99. The molecule has 0 aliphatic carbocycles. The van der Waals surface area contributed by atoms with Crippen molar-refractivity contribution in [1.29, 1.82) is 0 Å². The summed E-state index contributed by atoms with van der Waals surface area (Å²) in [4.78, 5) is 14.8. The van der Waals surface area contributed by atoms with Crippen LogP contribution in [0.25, 0.3) is 0 Å². The van der Waals surface area contributed by atoms with Crippen molar-refractivity contribution in [2.24, 2.45) is 0 Å². The Hall–Kier alpha value is -2.29. The average molecular weight is 308 g/mol. The maximum Gasteiger partial charge on any atom is 0.254 e. The molecule has 1 unspecified atom stereocenters. The van der Waals surface area contributed by atoms with Gasteiger partial charge in [-0.15, -0.1) is 0 Å². The van der Waals surface area contributed by atoms with E-state index in [1.165, 1.54) is 5.56 Å². The fourth-order valence-corrected chi connectivity index (χ4v) is 3.40. The van der Waals surface area contributed by atoms with E-state index in [1.807, 2.05) is 24.0 Å². The Morgan fingerprint density at radius 1 is 1.09 bits per heavy atom. The van der Waals surface area contributed by atoms with Gasteiger partial charge in [-0.3, -0.25) is 4.79 Å². The van der Waals surface area contributed by atoms with Crippen LogP contribution in [0.5, 0.6) is 0 Å². The molecule has 3 rings (SSSR count). The first-order valence-corrected chi connectivity index (χ1v) is 8.35. The molecule has 2 N–H and O–H groups in total. The maximum atomic E-state index is 12.8. The molecule has 1 saturated heterocycles. The smallest absolute Gasteiger partial charge is 0.254 e. The molecule has 2 aromatic rings. The fourth-order valence-electron chi connectivity index (χ4n) is 3.40. The Bertz CT molecular complexity index is 681. The molecule has 2 aromatic carbocycles. The summed E-state index contributed by atoms with van der Waals surface area (Å²) in [5, 5.41) is 0. The van der Waals surface area contributed by atoms with Gasteiger partial charge in [-0.25, -0.2) is 0 Å². The lowest BCUT2D eigenvalue weighted by Gasteiger charge is -2.22. The first-order valence-electron chi connectivity index (χ1n) is 8.35. The summed E-state index contributed by atoms with van der Waals surface area (Å²) in [5.41, 5.74) is 9.63. The number of rotatable bonds is 2. The molecule has 3 nitrogen and oxygen atoms in total. The van der Waals surface area contributed by atoms with Gasteiger partial charge in [-0.05, 0) is 55.4 Å².